The monoisotopic (exact) mass is 1110 g/mol. The average Bonchev–Trinajstić information content (AvgIpc) is 3.71. The molecule has 75 heavy (non-hydrogen) atoms. The Morgan fingerprint density at radius 2 is 1.48 bits per heavy atom. The fraction of sp³-hybridized carbons (Fsp3) is 0.352. The number of nitrogens with zero attached hydrogens (tertiary/aromatic N) is 4. The Labute approximate surface area is 444 Å². The molecular formula is C54H59ClF4N6O7S3. The van der Waals surface area contributed by atoms with Crippen LogP contribution in [-0.2, 0) is 31.1 Å². The van der Waals surface area contributed by atoms with Crippen LogP contribution in [0.4, 0.5) is 40.3 Å². The SMILES string of the molecule is CCOC1CCN(CC[C@H](CSc2ccccc2)Nc2ccc(S(=O)(=O)Nc3ccc(N4CCN(c5cc(F)cc(-c6c(C(=O)O)c(C)n(CC)c6-c6ccc(Cl)cc6)c5)CC4)cc3)cc2S(=O)(=O)C(F)(F)F)CC1. The number of rotatable bonds is 20. The molecule has 400 valence electrons. The van der Waals surface area contributed by atoms with Crippen molar-refractivity contribution in [2.75, 3.05) is 78.0 Å². The summed E-state index contributed by atoms with van der Waals surface area (Å²) in [4.78, 5) is 18.1. The minimum absolute atomic E-state index is 0.0766. The van der Waals surface area contributed by atoms with Gasteiger partial charge in [0.25, 0.3) is 19.9 Å². The van der Waals surface area contributed by atoms with Crippen LogP contribution in [0.1, 0.15) is 49.2 Å². The number of alkyl halides is 3. The van der Waals surface area contributed by atoms with Gasteiger partial charge in [-0.05, 0) is 136 Å². The van der Waals surface area contributed by atoms with Gasteiger partial charge >= 0.3 is 11.5 Å². The van der Waals surface area contributed by atoms with E-state index >= 15 is 4.39 Å². The van der Waals surface area contributed by atoms with E-state index in [1.165, 1.54) is 36.0 Å². The van der Waals surface area contributed by atoms with E-state index < -0.39 is 53.0 Å². The number of anilines is 4. The van der Waals surface area contributed by atoms with Gasteiger partial charge in [0.05, 0.1) is 27.9 Å². The van der Waals surface area contributed by atoms with Gasteiger partial charge in [0.2, 0.25) is 0 Å². The van der Waals surface area contributed by atoms with E-state index in [0.717, 1.165) is 54.2 Å². The molecule has 5 aromatic carbocycles. The van der Waals surface area contributed by atoms with Gasteiger partial charge < -0.3 is 34.4 Å². The van der Waals surface area contributed by atoms with Crippen LogP contribution >= 0.6 is 23.4 Å². The molecule has 0 amide bonds. The molecule has 6 aromatic rings. The van der Waals surface area contributed by atoms with Crippen molar-refractivity contribution in [1.82, 2.24) is 9.47 Å². The number of piperidine rings is 1. The number of sulfonamides is 1. The number of carboxylic acids is 1. The number of halogens is 5. The molecule has 13 nitrogen and oxygen atoms in total. The van der Waals surface area contributed by atoms with Crippen LogP contribution in [-0.4, -0.2) is 113 Å². The van der Waals surface area contributed by atoms with Crippen LogP contribution in [0.15, 0.2) is 130 Å². The van der Waals surface area contributed by atoms with Crippen molar-refractivity contribution < 1.29 is 49.0 Å². The molecule has 2 saturated heterocycles. The van der Waals surface area contributed by atoms with E-state index in [0.29, 0.717) is 97.3 Å². The lowest BCUT2D eigenvalue weighted by Crippen LogP contribution is -2.46. The molecule has 0 spiro atoms. The smallest absolute Gasteiger partial charge is 0.478 e. The molecule has 0 unspecified atom stereocenters. The number of aromatic nitrogens is 1. The number of thioether (sulfide) groups is 1. The van der Waals surface area contributed by atoms with Crippen molar-refractivity contribution in [3.63, 3.8) is 0 Å². The number of hydrogen-bond donors (Lipinski definition) is 3. The van der Waals surface area contributed by atoms with Gasteiger partial charge in [-0.15, -0.1) is 11.8 Å². The summed E-state index contributed by atoms with van der Waals surface area (Å²) >= 11 is 7.67. The second-order valence-corrected chi connectivity index (χ2v) is 23.5. The van der Waals surface area contributed by atoms with Gasteiger partial charge in [-0.3, -0.25) is 4.72 Å². The quantitative estimate of drug-likeness (QED) is 0.0493. The van der Waals surface area contributed by atoms with Crippen molar-refractivity contribution in [2.24, 2.45) is 0 Å². The van der Waals surface area contributed by atoms with Gasteiger partial charge in [0, 0.05) is 109 Å². The summed E-state index contributed by atoms with van der Waals surface area (Å²) in [6.07, 6.45) is 2.32. The van der Waals surface area contributed by atoms with Crippen molar-refractivity contribution in [3.8, 4) is 22.4 Å². The lowest BCUT2D eigenvalue weighted by molar-refractivity contribution is -0.0436. The van der Waals surface area contributed by atoms with Gasteiger partial charge in [0.15, 0.2) is 0 Å². The summed E-state index contributed by atoms with van der Waals surface area (Å²) < 4.78 is 123. The normalized spacial score (nSPS) is 15.5. The van der Waals surface area contributed by atoms with E-state index in [-0.39, 0.29) is 23.0 Å². The molecule has 0 aliphatic carbocycles. The third-order valence-corrected chi connectivity index (χ3v) is 17.9. The van der Waals surface area contributed by atoms with E-state index in [4.69, 9.17) is 16.3 Å². The van der Waals surface area contributed by atoms with Gasteiger partial charge in [-0.25, -0.2) is 26.0 Å². The first-order valence-electron chi connectivity index (χ1n) is 24.7. The van der Waals surface area contributed by atoms with Crippen molar-refractivity contribution in [1.29, 1.82) is 0 Å². The molecule has 3 N–H and O–H groups in total. The highest BCUT2D eigenvalue weighted by Gasteiger charge is 2.48. The molecule has 2 aliphatic rings. The number of benzene rings is 5. The maximum absolute atomic E-state index is 15.6. The van der Waals surface area contributed by atoms with E-state index in [2.05, 4.69) is 19.8 Å². The molecule has 21 heteroatoms. The molecule has 3 heterocycles. The second kappa shape index (κ2) is 23.6. The van der Waals surface area contributed by atoms with Gasteiger partial charge in [-0.1, -0.05) is 41.9 Å². The van der Waals surface area contributed by atoms with Crippen LogP contribution in [0.3, 0.4) is 0 Å². The molecule has 0 bridgehead atoms. The summed E-state index contributed by atoms with van der Waals surface area (Å²) in [6, 6.07) is 29.6. The number of carboxylic acid groups (broad SMARTS) is 1. The van der Waals surface area contributed by atoms with Crippen LogP contribution in [0, 0.1) is 12.7 Å². The van der Waals surface area contributed by atoms with Crippen molar-refractivity contribution in [3.05, 3.63) is 137 Å². The third kappa shape index (κ3) is 12.9. The van der Waals surface area contributed by atoms with Crippen LogP contribution in [0.25, 0.3) is 22.4 Å². The van der Waals surface area contributed by atoms with E-state index in [9.17, 15) is 39.9 Å². The van der Waals surface area contributed by atoms with Crippen LogP contribution < -0.4 is 19.8 Å². The maximum atomic E-state index is 15.6. The first-order valence-corrected chi connectivity index (χ1v) is 29.0. The fourth-order valence-corrected chi connectivity index (χ4v) is 13.0. The zero-order valence-electron chi connectivity index (χ0n) is 41.6. The largest absolute Gasteiger partial charge is 0.501 e. The fourth-order valence-electron chi connectivity index (χ4n) is 9.80. The lowest BCUT2D eigenvalue weighted by Gasteiger charge is -2.37. The number of hydrogen-bond acceptors (Lipinski definition) is 11. The summed E-state index contributed by atoms with van der Waals surface area (Å²) in [6.45, 7) is 10.7. The zero-order chi connectivity index (χ0) is 53.7. The Morgan fingerprint density at radius 3 is 2.09 bits per heavy atom. The van der Waals surface area contributed by atoms with Crippen LogP contribution in [0.2, 0.25) is 5.02 Å². The summed E-state index contributed by atoms with van der Waals surface area (Å²) in [5.74, 6) is -1.29. The number of piperazine rings is 1. The van der Waals surface area contributed by atoms with E-state index in [1.807, 2.05) is 53.6 Å². The first kappa shape index (κ1) is 55.5. The van der Waals surface area contributed by atoms with E-state index in [1.54, 1.807) is 49.4 Å². The Balaban J connectivity index is 0.968. The Hall–Kier alpha value is -5.77. The summed E-state index contributed by atoms with van der Waals surface area (Å²) in [5.41, 5.74) is -1.93. The molecule has 0 radical (unpaired) electrons. The number of aromatic carboxylic acids is 1. The molecule has 1 atom stereocenters. The van der Waals surface area contributed by atoms with Gasteiger partial charge in [0.1, 0.15) is 10.7 Å². The molecule has 8 rings (SSSR count). The van der Waals surface area contributed by atoms with Crippen molar-refractivity contribution in [2.45, 2.75) is 78.9 Å². The minimum Gasteiger partial charge on any atom is -0.478 e. The predicted octanol–water partition coefficient (Wildman–Crippen LogP) is 11.5. The maximum Gasteiger partial charge on any atom is 0.501 e. The Kier molecular flexibility index (Phi) is 17.5. The highest BCUT2D eigenvalue weighted by Crippen LogP contribution is 2.42. The standard InChI is InChI=1S/C54H59ClF4N6O7S3/c1-4-65-36(3)50(53(66)67)51(52(65)37-11-13-39(55)14-12-37)38-31-40(56)33-44(32-38)64-29-27-63(28-30-64)43-17-15-41(16-18-43)61-75(70,71)47-19-20-48(49(34-47)74(68,69)54(57,58)59)60-42(35-73-46-9-7-6-8-10-46)21-24-62-25-22-45(23-26-62)72-5-2/h6-20,31-34,42,45,60-61H,4-5,21-30,35H2,1-3H3,(H,66,67)/t42-/m1/s1. The van der Waals surface area contributed by atoms with Gasteiger partial charge in [-0.2, -0.15) is 13.2 Å². The molecule has 2 fully saturated rings. The predicted molar refractivity (Wildman–Crippen MR) is 289 cm³/mol. The second-order valence-electron chi connectivity index (χ2n) is 18.4. The molecule has 2 aliphatic heterocycles. The number of nitrogens with one attached hydrogen (secondary N) is 2. The average molecular weight is 1110 g/mol. The number of carbonyl (C=O) groups is 1. The highest BCUT2D eigenvalue weighted by molar-refractivity contribution is 7.99. The first-order chi connectivity index (χ1) is 35.8. The number of ether oxygens (including phenoxy) is 1. The lowest BCUT2D eigenvalue weighted by atomic mass is 9.96. The topological polar surface area (TPSA) is 154 Å². The zero-order valence-corrected chi connectivity index (χ0v) is 44.8. The Morgan fingerprint density at radius 1 is 0.827 bits per heavy atom. The molecule has 0 saturated carbocycles. The number of likely N-dealkylation sites (tertiary alicyclic amines) is 1. The summed E-state index contributed by atoms with van der Waals surface area (Å²) in [5, 5.41) is 14.0. The third-order valence-electron chi connectivity index (χ3n) is 13.6. The minimum atomic E-state index is -6.04. The van der Waals surface area contributed by atoms with Crippen molar-refractivity contribution >= 4 is 71.9 Å². The molecular weight excluding hydrogens is 1050 g/mol. The molecule has 1 aromatic heterocycles. The van der Waals surface area contributed by atoms with Crippen LogP contribution in [0.5, 0.6) is 0 Å². The number of sulfone groups is 1. The Bertz CT molecular complexity index is 3190. The summed E-state index contributed by atoms with van der Waals surface area (Å²) in [7, 11) is -10.7. The highest BCUT2D eigenvalue weighted by atomic mass is 35.5.